The third-order valence-electron chi connectivity index (χ3n) is 5.99. The van der Waals surface area contributed by atoms with Crippen LogP contribution in [0.3, 0.4) is 0 Å². The highest BCUT2D eigenvalue weighted by atomic mass is 16.5. The largest absolute Gasteiger partial charge is 0.507 e. The normalized spacial score (nSPS) is 19.3. The van der Waals surface area contributed by atoms with Gasteiger partial charge in [-0.3, -0.25) is 14.4 Å². The minimum atomic E-state index is -1.82. The fraction of sp³-hybridized carbons (Fsp3) is 0.318. The predicted octanol–water partition coefficient (Wildman–Crippen LogP) is 1.35. The zero-order chi connectivity index (χ0) is 22.5. The Bertz CT molecular complexity index is 1140. The number of carbonyl (C=O) groups excluding carboxylic acids is 3. The molecule has 0 saturated heterocycles. The van der Waals surface area contributed by atoms with Gasteiger partial charge in [0.25, 0.3) is 7.48 Å². The van der Waals surface area contributed by atoms with Gasteiger partial charge >= 0.3 is 0 Å². The predicted molar refractivity (Wildman–Crippen MR) is 109 cm³/mol. The first-order valence-electron chi connectivity index (χ1n) is 9.76. The molecule has 8 nitrogen and oxygen atoms in total. The maximum absolute atomic E-state index is 13.2. The van der Waals surface area contributed by atoms with Crippen LogP contribution >= 0.6 is 0 Å². The summed E-state index contributed by atoms with van der Waals surface area (Å²) in [6.45, 7) is 1.25. The van der Waals surface area contributed by atoms with E-state index in [9.17, 15) is 29.7 Å². The van der Waals surface area contributed by atoms with Gasteiger partial charge in [-0.05, 0) is 18.9 Å². The van der Waals surface area contributed by atoms with Crippen LogP contribution in [0.5, 0.6) is 17.2 Å². The first kappa shape index (κ1) is 21.1. The number of hydrogen-bond acceptors (Lipinski definition) is 8. The number of methoxy groups -OCH3 is 1. The van der Waals surface area contributed by atoms with Gasteiger partial charge in [-0.2, -0.15) is 0 Å². The number of aromatic hydroxyl groups is 2. The second kappa shape index (κ2) is 7.51. The number of ketones is 3. The number of fused-ring (bicyclic) bond motifs is 3. The van der Waals surface area contributed by atoms with E-state index in [0.29, 0.717) is 0 Å². The molecule has 1 radical (unpaired) electrons. The van der Waals surface area contributed by atoms with Crippen LogP contribution in [0, 0.1) is 0 Å². The number of ether oxygens (including phenoxy) is 1. The maximum atomic E-state index is 13.2. The zero-order valence-electron chi connectivity index (χ0n) is 17.0. The second-order valence-corrected chi connectivity index (χ2v) is 7.62. The van der Waals surface area contributed by atoms with Gasteiger partial charge in [0.2, 0.25) is 5.78 Å². The number of carbonyl (C=O) groups is 3. The van der Waals surface area contributed by atoms with Gasteiger partial charge in [0.1, 0.15) is 22.8 Å². The summed E-state index contributed by atoms with van der Waals surface area (Å²) in [5.74, 6) is -2.62. The van der Waals surface area contributed by atoms with Gasteiger partial charge < -0.3 is 24.7 Å². The van der Waals surface area contributed by atoms with Gasteiger partial charge in [-0.15, -0.1) is 0 Å². The lowest BCUT2D eigenvalue weighted by Crippen LogP contribution is -2.46. The van der Waals surface area contributed by atoms with E-state index in [2.05, 4.69) is 0 Å². The number of rotatable bonds is 5. The lowest BCUT2D eigenvalue weighted by atomic mass is 9.73. The summed E-state index contributed by atoms with van der Waals surface area (Å²) in [5.41, 5.74) is -2.08. The Morgan fingerprint density at radius 3 is 2.45 bits per heavy atom. The van der Waals surface area contributed by atoms with Crippen molar-refractivity contribution in [2.75, 3.05) is 13.7 Å². The molecule has 0 aliphatic heterocycles. The number of aliphatic hydroxyl groups is 1. The third kappa shape index (κ3) is 3.04. The average molecular weight is 423 g/mol. The van der Waals surface area contributed by atoms with Crippen LogP contribution < -0.4 is 4.74 Å². The van der Waals surface area contributed by atoms with Crippen molar-refractivity contribution < 1.29 is 39.1 Å². The molecule has 2 aromatic carbocycles. The summed E-state index contributed by atoms with van der Waals surface area (Å²) in [6.07, 6.45) is -0.312. The minimum Gasteiger partial charge on any atom is -0.507 e. The highest BCUT2D eigenvalue weighted by molar-refractivity contribution is 6.31. The highest BCUT2D eigenvalue weighted by Crippen LogP contribution is 2.48. The maximum Gasteiger partial charge on any atom is 0.289 e. The van der Waals surface area contributed by atoms with E-state index in [1.54, 1.807) is 12.9 Å². The van der Waals surface area contributed by atoms with Crippen LogP contribution in [0.4, 0.5) is 0 Å². The van der Waals surface area contributed by atoms with Crippen LogP contribution in [0.2, 0.25) is 6.82 Å². The van der Waals surface area contributed by atoms with E-state index in [-0.39, 0.29) is 65.0 Å². The summed E-state index contributed by atoms with van der Waals surface area (Å²) in [7, 11) is 2.69. The van der Waals surface area contributed by atoms with Crippen LogP contribution in [0.15, 0.2) is 18.2 Å². The van der Waals surface area contributed by atoms with Gasteiger partial charge in [-0.1, -0.05) is 19.0 Å². The van der Waals surface area contributed by atoms with Crippen molar-refractivity contribution in [2.45, 2.75) is 31.7 Å². The first-order valence-corrected chi connectivity index (χ1v) is 9.76. The Kier molecular flexibility index (Phi) is 5.11. The molecule has 159 valence electrons. The summed E-state index contributed by atoms with van der Waals surface area (Å²) < 4.78 is 10.2. The second-order valence-electron chi connectivity index (χ2n) is 7.62. The molecule has 2 aliphatic rings. The molecular formula is C22H20BO8. The van der Waals surface area contributed by atoms with E-state index in [1.165, 1.54) is 26.7 Å². The molecule has 0 aromatic heterocycles. The monoisotopic (exact) mass is 423 g/mol. The molecule has 2 aliphatic carbocycles. The Morgan fingerprint density at radius 1 is 1.10 bits per heavy atom. The van der Waals surface area contributed by atoms with Crippen molar-refractivity contribution in [2.24, 2.45) is 0 Å². The molecule has 0 bridgehead atoms. The van der Waals surface area contributed by atoms with Crippen molar-refractivity contribution in [3.63, 3.8) is 0 Å². The molecule has 3 N–H and O–H groups in total. The van der Waals surface area contributed by atoms with E-state index < -0.39 is 34.4 Å². The van der Waals surface area contributed by atoms with Crippen LogP contribution in [-0.4, -0.2) is 59.5 Å². The minimum absolute atomic E-state index is 0.0209. The van der Waals surface area contributed by atoms with E-state index in [0.717, 1.165) is 0 Å². The van der Waals surface area contributed by atoms with Crippen LogP contribution in [0.1, 0.15) is 49.4 Å². The summed E-state index contributed by atoms with van der Waals surface area (Å²) in [4.78, 5) is 38.9. The van der Waals surface area contributed by atoms with Crippen LogP contribution in [0.25, 0.3) is 0 Å². The highest BCUT2D eigenvalue weighted by Gasteiger charge is 2.45. The van der Waals surface area contributed by atoms with E-state index in [4.69, 9.17) is 9.39 Å². The summed E-state index contributed by atoms with van der Waals surface area (Å²) in [5, 5.41) is 32.7. The fourth-order valence-electron chi connectivity index (χ4n) is 4.35. The lowest BCUT2D eigenvalue weighted by molar-refractivity contribution is -0.140. The van der Waals surface area contributed by atoms with Gasteiger partial charge in [0, 0.05) is 23.1 Å². The third-order valence-corrected chi connectivity index (χ3v) is 5.99. The topological polar surface area (TPSA) is 130 Å². The Hall–Kier alpha value is -3.17. The summed E-state index contributed by atoms with van der Waals surface area (Å²) >= 11 is 0. The number of phenolic OH excluding ortho intramolecular Hbond substituents is 2. The Balaban J connectivity index is 1.87. The molecule has 0 amide bonds. The van der Waals surface area contributed by atoms with Crippen molar-refractivity contribution >= 4 is 24.8 Å². The quantitative estimate of drug-likeness (QED) is 0.414. The molecule has 9 heteroatoms. The molecule has 0 spiro atoms. The van der Waals surface area contributed by atoms with Crippen molar-refractivity contribution in [3.8, 4) is 17.2 Å². The number of Topliss-reactive ketones (excluding diaryl/α,β-unsaturated/α-hetero) is 1. The Morgan fingerprint density at radius 2 is 1.77 bits per heavy atom. The molecule has 4 rings (SSSR count). The van der Waals surface area contributed by atoms with E-state index in [1.807, 2.05) is 0 Å². The zero-order valence-corrected chi connectivity index (χ0v) is 17.0. The first-order chi connectivity index (χ1) is 14.7. The fourth-order valence-corrected chi connectivity index (χ4v) is 4.35. The van der Waals surface area contributed by atoms with Crippen molar-refractivity contribution in [3.05, 3.63) is 51.6 Å². The van der Waals surface area contributed by atoms with Crippen molar-refractivity contribution in [1.82, 2.24) is 0 Å². The van der Waals surface area contributed by atoms with Gasteiger partial charge in [-0.25, -0.2) is 0 Å². The molecule has 0 heterocycles. The molecular weight excluding hydrogens is 403 g/mol. The molecule has 0 unspecified atom stereocenters. The lowest BCUT2D eigenvalue weighted by Gasteiger charge is -2.34. The number of hydrogen-bond donors (Lipinski definition) is 3. The molecule has 0 saturated carbocycles. The van der Waals surface area contributed by atoms with Gasteiger partial charge in [0.05, 0.1) is 30.4 Å². The number of phenols is 2. The number of benzene rings is 2. The summed E-state index contributed by atoms with van der Waals surface area (Å²) in [6, 6.07) is 4.52. The molecule has 0 fully saturated rings. The van der Waals surface area contributed by atoms with E-state index >= 15 is 0 Å². The average Bonchev–Trinajstić information content (AvgIpc) is 2.77. The standard InChI is InChI=1S/C22H20BO8/c1-23-31-9-14(24)22(29)7-6-10-12(8-22)20(27)16-17(18(10)25)21(28)15-11(19(16)26)4-3-5-13(15)30-2/h3-5,25,27,29H,6-9H2,1-2H3/t22-/m1/s1. The SMILES string of the molecule is C[B]OCC(=O)[C@@]1(O)CCc2c(O)c3c(c(O)c2C1)C(=O)c1cccc(OC)c1C3=O. The Labute approximate surface area is 178 Å². The van der Waals surface area contributed by atoms with Crippen molar-refractivity contribution in [1.29, 1.82) is 0 Å². The smallest absolute Gasteiger partial charge is 0.289 e. The van der Waals surface area contributed by atoms with Crippen LogP contribution in [-0.2, 0) is 22.3 Å². The molecule has 2 aromatic rings. The van der Waals surface area contributed by atoms with Gasteiger partial charge in [0.15, 0.2) is 11.6 Å². The molecule has 31 heavy (non-hydrogen) atoms. The molecule has 1 atom stereocenters.